The van der Waals surface area contributed by atoms with Gasteiger partial charge in [0.2, 0.25) is 5.91 Å². The van der Waals surface area contributed by atoms with E-state index in [0.29, 0.717) is 0 Å². The Labute approximate surface area is 152 Å². The maximum Gasteiger partial charge on any atom is 0.244 e. The molecule has 0 aliphatic rings. The van der Waals surface area contributed by atoms with Crippen molar-refractivity contribution in [3.63, 3.8) is 0 Å². The Balaban J connectivity index is 1.59. The molecule has 0 aliphatic carbocycles. The lowest BCUT2D eigenvalue weighted by molar-refractivity contribution is -0.120. The van der Waals surface area contributed by atoms with Gasteiger partial charge in [-0.1, -0.05) is 24.3 Å². The summed E-state index contributed by atoms with van der Waals surface area (Å²) < 4.78 is 7.03. The summed E-state index contributed by atoms with van der Waals surface area (Å²) in [5, 5.41) is 4.19. The lowest BCUT2D eigenvalue weighted by atomic mass is 10.1. The molecule has 2 aromatic carbocycles. The number of nitrogens with one attached hydrogen (secondary N) is 1. The predicted octanol–water partition coefficient (Wildman–Crippen LogP) is 2.96. The lowest BCUT2D eigenvalue weighted by Crippen LogP contribution is -2.21. The molecule has 6 heteroatoms. The van der Waals surface area contributed by atoms with Crippen LogP contribution in [0.2, 0.25) is 0 Å². The summed E-state index contributed by atoms with van der Waals surface area (Å²) in [5.41, 5.74) is 6.21. The van der Waals surface area contributed by atoms with E-state index in [1.165, 1.54) is 0 Å². The van der Waals surface area contributed by atoms with E-state index in [9.17, 15) is 4.79 Å². The molecule has 1 heterocycles. The Morgan fingerprint density at radius 2 is 1.88 bits per heavy atom. The fourth-order valence-corrected chi connectivity index (χ4v) is 2.47. The number of carbonyl (C=O) groups is 1. The van der Waals surface area contributed by atoms with Gasteiger partial charge in [-0.15, -0.1) is 0 Å². The molecule has 0 atom stereocenters. The Morgan fingerprint density at radius 3 is 2.50 bits per heavy atom. The van der Waals surface area contributed by atoms with Crippen molar-refractivity contribution in [1.82, 2.24) is 15.0 Å². The van der Waals surface area contributed by atoms with Crippen molar-refractivity contribution in [3.05, 3.63) is 78.4 Å². The number of hydrazone groups is 1. The molecule has 0 aliphatic heterocycles. The van der Waals surface area contributed by atoms with Crippen LogP contribution in [0.5, 0.6) is 5.75 Å². The van der Waals surface area contributed by atoms with Crippen LogP contribution < -0.4 is 10.2 Å². The van der Waals surface area contributed by atoms with Gasteiger partial charge in [-0.25, -0.2) is 10.4 Å². The fourth-order valence-electron chi connectivity index (χ4n) is 2.47. The molecule has 0 spiro atoms. The Bertz CT molecular complexity index is 883. The summed E-state index contributed by atoms with van der Waals surface area (Å²) >= 11 is 0. The maximum atomic E-state index is 12.1. The number of rotatable bonds is 6. The van der Waals surface area contributed by atoms with Gasteiger partial charge in [0.05, 0.1) is 25.6 Å². The molecule has 0 unspecified atom stereocenters. The minimum atomic E-state index is -0.162. The van der Waals surface area contributed by atoms with E-state index in [-0.39, 0.29) is 12.3 Å². The average Bonchev–Trinajstić information content (AvgIpc) is 3.21. The first kappa shape index (κ1) is 17.4. The van der Waals surface area contributed by atoms with Crippen LogP contribution in [0.25, 0.3) is 5.69 Å². The van der Waals surface area contributed by atoms with Crippen LogP contribution in [0.4, 0.5) is 0 Å². The molecule has 0 radical (unpaired) electrons. The van der Waals surface area contributed by atoms with Crippen molar-refractivity contribution in [2.24, 2.45) is 5.10 Å². The molecule has 3 rings (SSSR count). The number of amides is 1. The minimum absolute atomic E-state index is 0.162. The van der Waals surface area contributed by atoms with Gasteiger partial charge in [-0.2, -0.15) is 5.10 Å². The van der Waals surface area contributed by atoms with Crippen molar-refractivity contribution in [1.29, 1.82) is 0 Å². The third-order valence-electron chi connectivity index (χ3n) is 3.96. The van der Waals surface area contributed by atoms with Gasteiger partial charge in [-0.05, 0) is 42.3 Å². The highest BCUT2D eigenvalue weighted by molar-refractivity contribution is 5.99. The summed E-state index contributed by atoms with van der Waals surface area (Å²) in [4.78, 5) is 16.1. The number of hydrogen-bond acceptors (Lipinski definition) is 4. The Hall–Kier alpha value is -3.41. The number of methoxy groups -OCH3 is 1. The zero-order valence-electron chi connectivity index (χ0n) is 14.7. The van der Waals surface area contributed by atoms with Crippen molar-refractivity contribution in [2.75, 3.05) is 7.11 Å². The van der Waals surface area contributed by atoms with Crippen LogP contribution in [0, 0.1) is 0 Å². The average molecular weight is 348 g/mol. The normalized spacial score (nSPS) is 11.2. The first-order valence-electron chi connectivity index (χ1n) is 8.20. The molecule has 1 aromatic heterocycles. The molecule has 0 bridgehead atoms. The van der Waals surface area contributed by atoms with Gasteiger partial charge < -0.3 is 9.30 Å². The van der Waals surface area contributed by atoms with Gasteiger partial charge in [-0.3, -0.25) is 4.79 Å². The number of carbonyl (C=O) groups excluding carboxylic acids is 1. The number of ether oxygens (including phenoxy) is 1. The molecule has 132 valence electrons. The van der Waals surface area contributed by atoms with Crippen molar-refractivity contribution in [2.45, 2.75) is 13.3 Å². The van der Waals surface area contributed by atoms with Gasteiger partial charge >= 0.3 is 0 Å². The lowest BCUT2D eigenvalue weighted by Gasteiger charge is -2.06. The second-order valence-corrected chi connectivity index (χ2v) is 5.77. The standard InChI is InChI=1S/C20H20N4O2/c1-15(17-5-7-18(8-6-17)24-12-11-21-14-24)22-23-20(25)13-16-3-9-19(26-2)10-4-16/h3-12,14H,13H2,1-2H3,(H,23,25)/b22-15-. The summed E-state index contributed by atoms with van der Waals surface area (Å²) in [6.07, 6.45) is 5.63. The first-order chi connectivity index (χ1) is 12.7. The molecule has 0 saturated heterocycles. The first-order valence-corrected chi connectivity index (χ1v) is 8.20. The van der Waals surface area contributed by atoms with Crippen molar-refractivity contribution >= 4 is 11.6 Å². The van der Waals surface area contributed by atoms with E-state index in [1.807, 2.05) is 66.2 Å². The molecule has 0 fully saturated rings. The SMILES string of the molecule is COc1ccc(CC(=O)N/N=C(/C)c2ccc(-n3ccnc3)cc2)cc1. The zero-order chi connectivity index (χ0) is 18.4. The molecule has 3 aromatic rings. The number of nitrogens with zero attached hydrogens (tertiary/aromatic N) is 3. The van der Waals surface area contributed by atoms with Gasteiger partial charge in [0.25, 0.3) is 0 Å². The van der Waals surface area contributed by atoms with Crippen LogP contribution in [0.1, 0.15) is 18.1 Å². The quantitative estimate of drug-likeness (QED) is 0.550. The van der Waals surface area contributed by atoms with Crippen molar-refractivity contribution in [3.8, 4) is 11.4 Å². The van der Waals surface area contributed by atoms with Crippen LogP contribution in [0.3, 0.4) is 0 Å². The third kappa shape index (κ3) is 4.36. The smallest absolute Gasteiger partial charge is 0.244 e. The topological polar surface area (TPSA) is 68.5 Å². The highest BCUT2D eigenvalue weighted by Crippen LogP contribution is 2.12. The second kappa shape index (κ2) is 8.11. The van der Waals surface area contributed by atoms with E-state index in [2.05, 4.69) is 15.5 Å². The summed E-state index contributed by atoms with van der Waals surface area (Å²) in [5.74, 6) is 0.603. The third-order valence-corrected chi connectivity index (χ3v) is 3.96. The number of benzene rings is 2. The highest BCUT2D eigenvalue weighted by atomic mass is 16.5. The molecular formula is C20H20N4O2. The molecule has 26 heavy (non-hydrogen) atoms. The van der Waals surface area contributed by atoms with Crippen LogP contribution >= 0.6 is 0 Å². The van der Waals surface area contributed by atoms with E-state index < -0.39 is 0 Å². The number of hydrogen-bond donors (Lipinski definition) is 1. The van der Waals surface area contributed by atoms with E-state index in [4.69, 9.17) is 4.74 Å². The van der Waals surface area contributed by atoms with Crippen LogP contribution in [-0.2, 0) is 11.2 Å². The van der Waals surface area contributed by atoms with E-state index >= 15 is 0 Å². The predicted molar refractivity (Wildman–Crippen MR) is 101 cm³/mol. The summed E-state index contributed by atoms with van der Waals surface area (Å²) in [7, 11) is 1.61. The van der Waals surface area contributed by atoms with Gasteiger partial charge in [0.1, 0.15) is 5.75 Å². The molecule has 1 amide bonds. The maximum absolute atomic E-state index is 12.1. The Kier molecular flexibility index (Phi) is 5.43. The monoisotopic (exact) mass is 348 g/mol. The second-order valence-electron chi connectivity index (χ2n) is 5.77. The minimum Gasteiger partial charge on any atom is -0.497 e. The molecular weight excluding hydrogens is 328 g/mol. The molecule has 1 N–H and O–H groups in total. The van der Waals surface area contributed by atoms with E-state index in [0.717, 1.165) is 28.3 Å². The summed E-state index contributed by atoms with van der Waals surface area (Å²) in [6, 6.07) is 15.3. The van der Waals surface area contributed by atoms with Gasteiger partial charge in [0.15, 0.2) is 0 Å². The largest absolute Gasteiger partial charge is 0.497 e. The zero-order valence-corrected chi connectivity index (χ0v) is 14.7. The molecule has 0 saturated carbocycles. The Morgan fingerprint density at radius 1 is 1.15 bits per heavy atom. The fraction of sp³-hybridized carbons (Fsp3) is 0.150. The van der Waals surface area contributed by atoms with Crippen LogP contribution in [-0.4, -0.2) is 28.3 Å². The van der Waals surface area contributed by atoms with E-state index in [1.54, 1.807) is 19.6 Å². The van der Waals surface area contributed by atoms with Crippen molar-refractivity contribution < 1.29 is 9.53 Å². The number of imidazole rings is 1. The van der Waals surface area contributed by atoms with Crippen LogP contribution in [0.15, 0.2) is 72.4 Å². The highest BCUT2D eigenvalue weighted by Gasteiger charge is 2.04. The van der Waals surface area contributed by atoms with Gasteiger partial charge in [0, 0.05) is 18.1 Å². The summed E-state index contributed by atoms with van der Waals surface area (Å²) in [6.45, 7) is 1.86. The molecule has 6 nitrogen and oxygen atoms in total. The number of aromatic nitrogens is 2.